The average molecular weight is 196 g/mol. The molecule has 1 aromatic carbocycles. The van der Waals surface area contributed by atoms with Crippen LogP contribution in [-0.2, 0) is 0 Å². The number of nitro groups is 1. The Balaban J connectivity index is 3.20. The summed E-state index contributed by atoms with van der Waals surface area (Å²) >= 11 is 0. The highest BCUT2D eigenvalue weighted by atomic mass is 16.6. The lowest BCUT2D eigenvalue weighted by Gasteiger charge is -2.09. The molecule has 5 heteroatoms. The molecule has 0 aliphatic heterocycles. The molecule has 0 amide bonds. The summed E-state index contributed by atoms with van der Waals surface area (Å²) in [6, 6.07) is 4.36. The van der Waals surface area contributed by atoms with Crippen molar-refractivity contribution in [1.29, 1.82) is 0 Å². The smallest absolute Gasteiger partial charge is 0.269 e. The summed E-state index contributed by atoms with van der Waals surface area (Å²) in [5, 5.41) is 10.5. The minimum absolute atomic E-state index is 0.0505. The fraction of sp³-hybridized carbons (Fsp3) is 0.333. The third-order valence-electron chi connectivity index (χ3n) is 1.95. The van der Waals surface area contributed by atoms with Crippen LogP contribution in [0.5, 0.6) is 5.75 Å². The van der Waals surface area contributed by atoms with Gasteiger partial charge in [0.2, 0.25) is 0 Å². The largest absolute Gasteiger partial charge is 0.411 e. The number of benzene rings is 1. The van der Waals surface area contributed by atoms with E-state index in [0.29, 0.717) is 5.75 Å². The van der Waals surface area contributed by atoms with Gasteiger partial charge in [0.15, 0.2) is 5.75 Å². The Morgan fingerprint density at radius 3 is 2.57 bits per heavy atom. The Bertz CT molecular complexity index is 350. The normalized spacial score (nSPS) is 10.3. The number of non-ortho nitro benzene ring substituents is 1. The van der Waals surface area contributed by atoms with Crippen LogP contribution in [0, 0.1) is 10.1 Å². The lowest BCUT2D eigenvalue weighted by Crippen LogP contribution is -2.06. The number of hydrogen-bond acceptors (Lipinski definition) is 4. The van der Waals surface area contributed by atoms with E-state index in [4.69, 9.17) is 5.90 Å². The first kappa shape index (κ1) is 10.5. The zero-order chi connectivity index (χ0) is 10.7. The number of hydrogen-bond donors (Lipinski definition) is 1. The maximum atomic E-state index is 10.5. The van der Waals surface area contributed by atoms with Crippen LogP contribution in [0.2, 0.25) is 0 Å². The minimum Gasteiger partial charge on any atom is -0.411 e. The molecule has 0 aliphatic rings. The summed E-state index contributed by atoms with van der Waals surface area (Å²) in [4.78, 5) is 14.7. The lowest BCUT2D eigenvalue weighted by molar-refractivity contribution is -0.385. The van der Waals surface area contributed by atoms with Crippen molar-refractivity contribution in [3.63, 3.8) is 0 Å². The summed E-state index contributed by atoms with van der Waals surface area (Å²) in [5.74, 6) is 5.65. The van der Waals surface area contributed by atoms with Gasteiger partial charge in [-0.2, -0.15) is 5.90 Å². The average Bonchev–Trinajstić information content (AvgIpc) is 2.16. The van der Waals surface area contributed by atoms with Gasteiger partial charge in [-0.15, -0.1) is 0 Å². The van der Waals surface area contributed by atoms with E-state index in [0.717, 1.165) is 5.56 Å². The van der Waals surface area contributed by atoms with Crippen molar-refractivity contribution in [2.24, 2.45) is 5.90 Å². The highest BCUT2D eigenvalue weighted by Crippen LogP contribution is 2.29. The summed E-state index contributed by atoms with van der Waals surface area (Å²) < 4.78 is 0. The molecule has 2 N–H and O–H groups in total. The van der Waals surface area contributed by atoms with Gasteiger partial charge in [0.1, 0.15) is 0 Å². The fourth-order valence-electron chi connectivity index (χ4n) is 1.21. The van der Waals surface area contributed by atoms with Crippen LogP contribution < -0.4 is 10.7 Å². The van der Waals surface area contributed by atoms with Gasteiger partial charge in [-0.05, 0) is 12.0 Å². The molecular formula is C9H12N2O3. The van der Waals surface area contributed by atoms with Gasteiger partial charge in [0.25, 0.3) is 5.69 Å². The molecule has 0 radical (unpaired) electrons. The van der Waals surface area contributed by atoms with Crippen molar-refractivity contribution in [3.05, 3.63) is 33.9 Å². The van der Waals surface area contributed by atoms with Crippen LogP contribution in [0.4, 0.5) is 5.69 Å². The van der Waals surface area contributed by atoms with Crippen molar-refractivity contribution >= 4 is 5.69 Å². The third kappa shape index (κ3) is 2.00. The fourth-order valence-corrected chi connectivity index (χ4v) is 1.21. The van der Waals surface area contributed by atoms with E-state index in [2.05, 4.69) is 4.84 Å². The van der Waals surface area contributed by atoms with E-state index in [1.807, 2.05) is 13.8 Å². The zero-order valence-electron chi connectivity index (χ0n) is 8.06. The van der Waals surface area contributed by atoms with Crippen molar-refractivity contribution in [2.45, 2.75) is 19.8 Å². The van der Waals surface area contributed by atoms with E-state index < -0.39 is 4.92 Å². The molecule has 0 unspecified atom stereocenters. The number of nitrogens with zero attached hydrogens (tertiary/aromatic N) is 1. The third-order valence-corrected chi connectivity index (χ3v) is 1.95. The maximum Gasteiger partial charge on any atom is 0.269 e. The van der Waals surface area contributed by atoms with Crippen LogP contribution in [0.15, 0.2) is 18.2 Å². The van der Waals surface area contributed by atoms with Gasteiger partial charge in [-0.1, -0.05) is 13.8 Å². The highest BCUT2D eigenvalue weighted by molar-refractivity contribution is 5.45. The molecule has 0 heterocycles. The molecule has 1 rings (SSSR count). The molecule has 0 aromatic heterocycles. The Morgan fingerprint density at radius 1 is 1.50 bits per heavy atom. The SMILES string of the molecule is CC(C)c1cc([N+](=O)[O-])ccc1ON. The topological polar surface area (TPSA) is 78.4 Å². The van der Waals surface area contributed by atoms with Gasteiger partial charge in [-0.3, -0.25) is 10.1 Å². The molecule has 0 fully saturated rings. The molecule has 0 saturated heterocycles. The maximum absolute atomic E-state index is 10.5. The highest BCUT2D eigenvalue weighted by Gasteiger charge is 2.13. The summed E-state index contributed by atoms with van der Waals surface area (Å²) in [7, 11) is 0. The van der Waals surface area contributed by atoms with Crippen molar-refractivity contribution < 1.29 is 9.76 Å². The van der Waals surface area contributed by atoms with Crippen LogP contribution in [-0.4, -0.2) is 4.92 Å². The molecule has 76 valence electrons. The number of rotatable bonds is 3. The van der Waals surface area contributed by atoms with E-state index in [1.54, 1.807) is 0 Å². The van der Waals surface area contributed by atoms with Crippen LogP contribution >= 0.6 is 0 Å². The second-order valence-corrected chi connectivity index (χ2v) is 3.25. The number of nitrogens with two attached hydrogens (primary N) is 1. The second kappa shape index (κ2) is 4.06. The van der Waals surface area contributed by atoms with E-state index in [1.165, 1.54) is 18.2 Å². The molecule has 0 atom stereocenters. The predicted molar refractivity (Wildman–Crippen MR) is 52.0 cm³/mol. The monoisotopic (exact) mass is 196 g/mol. The summed E-state index contributed by atoms with van der Waals surface area (Å²) in [6.45, 7) is 3.84. The molecule has 0 aliphatic carbocycles. The first-order valence-corrected chi connectivity index (χ1v) is 4.21. The van der Waals surface area contributed by atoms with E-state index >= 15 is 0 Å². The minimum atomic E-state index is -0.438. The van der Waals surface area contributed by atoms with Gasteiger partial charge in [-0.25, -0.2) is 0 Å². The molecule has 0 spiro atoms. The first-order chi connectivity index (χ1) is 6.56. The Hall–Kier alpha value is -1.62. The van der Waals surface area contributed by atoms with Crippen molar-refractivity contribution in [1.82, 2.24) is 0 Å². The van der Waals surface area contributed by atoms with Crippen molar-refractivity contribution in [2.75, 3.05) is 0 Å². The van der Waals surface area contributed by atoms with Gasteiger partial charge in [0, 0.05) is 17.7 Å². The quantitative estimate of drug-likeness (QED) is 0.592. The van der Waals surface area contributed by atoms with Gasteiger partial charge < -0.3 is 4.84 Å². The standard InChI is InChI=1S/C9H12N2O3/c1-6(2)8-5-7(11(12)13)3-4-9(8)14-10/h3-6H,10H2,1-2H3. The Morgan fingerprint density at radius 2 is 2.14 bits per heavy atom. The Labute approximate surface area is 81.6 Å². The molecule has 0 saturated carbocycles. The van der Waals surface area contributed by atoms with Crippen LogP contribution in [0.25, 0.3) is 0 Å². The molecule has 0 bridgehead atoms. The first-order valence-electron chi connectivity index (χ1n) is 4.21. The molecule has 5 nitrogen and oxygen atoms in total. The lowest BCUT2D eigenvalue weighted by atomic mass is 10.0. The van der Waals surface area contributed by atoms with Crippen LogP contribution in [0.3, 0.4) is 0 Å². The predicted octanol–water partition coefficient (Wildman–Crippen LogP) is 1.97. The van der Waals surface area contributed by atoms with Gasteiger partial charge in [0.05, 0.1) is 4.92 Å². The zero-order valence-corrected chi connectivity index (χ0v) is 8.06. The summed E-state index contributed by atoms with van der Waals surface area (Å²) in [6.07, 6.45) is 0. The van der Waals surface area contributed by atoms with E-state index in [9.17, 15) is 10.1 Å². The second-order valence-electron chi connectivity index (χ2n) is 3.25. The van der Waals surface area contributed by atoms with Crippen LogP contribution in [0.1, 0.15) is 25.3 Å². The van der Waals surface area contributed by atoms with Crippen molar-refractivity contribution in [3.8, 4) is 5.75 Å². The summed E-state index contributed by atoms with van der Waals surface area (Å²) in [5.41, 5.74) is 0.788. The number of nitro benzene ring substituents is 1. The van der Waals surface area contributed by atoms with Gasteiger partial charge >= 0.3 is 0 Å². The molecule has 14 heavy (non-hydrogen) atoms. The molecule has 1 aromatic rings. The molecular weight excluding hydrogens is 184 g/mol. The van der Waals surface area contributed by atoms with E-state index in [-0.39, 0.29) is 11.6 Å². The Kier molecular flexibility index (Phi) is 3.03.